The van der Waals surface area contributed by atoms with E-state index in [1.165, 1.54) is 25.9 Å². The second-order valence-electron chi connectivity index (χ2n) is 4.24. The predicted octanol–water partition coefficient (Wildman–Crippen LogP) is 1.23. The zero-order valence-corrected chi connectivity index (χ0v) is 9.54. The molecule has 2 heterocycles. The van der Waals surface area contributed by atoms with Gasteiger partial charge in [0.05, 0.1) is 0 Å². The molecule has 16 heavy (non-hydrogen) atoms. The van der Waals surface area contributed by atoms with Gasteiger partial charge in [0, 0.05) is 12.7 Å². The van der Waals surface area contributed by atoms with Crippen LogP contribution in [-0.2, 0) is 0 Å². The third kappa shape index (κ3) is 3.10. The Kier molecular flexibility index (Phi) is 3.99. The van der Waals surface area contributed by atoms with Crippen molar-refractivity contribution < 1.29 is 4.79 Å². The maximum Gasteiger partial charge on any atom is 0.267 e. The molecule has 1 aliphatic rings. The summed E-state index contributed by atoms with van der Waals surface area (Å²) in [5, 5.41) is 2.91. The standard InChI is InChI=1S/C12H19N3O/c16-12(11-5-3-6-13-11)14-7-4-10-15-8-1-2-9-15/h3,5-6,13H,1-2,4,7-10H2,(H,14,16). The minimum atomic E-state index is -0.00794. The Morgan fingerprint density at radius 1 is 1.44 bits per heavy atom. The largest absolute Gasteiger partial charge is 0.357 e. The molecule has 4 nitrogen and oxygen atoms in total. The summed E-state index contributed by atoms with van der Waals surface area (Å²) >= 11 is 0. The molecule has 0 spiro atoms. The summed E-state index contributed by atoms with van der Waals surface area (Å²) in [5.41, 5.74) is 0.640. The number of carbonyl (C=O) groups is 1. The molecule has 1 aromatic heterocycles. The number of hydrogen-bond donors (Lipinski definition) is 2. The van der Waals surface area contributed by atoms with Crippen LogP contribution < -0.4 is 5.32 Å². The minimum Gasteiger partial charge on any atom is -0.357 e. The van der Waals surface area contributed by atoms with Crippen LogP contribution in [0, 0.1) is 0 Å². The van der Waals surface area contributed by atoms with E-state index in [0.717, 1.165) is 19.5 Å². The molecule has 88 valence electrons. The average molecular weight is 221 g/mol. The van der Waals surface area contributed by atoms with Crippen LogP contribution in [0.15, 0.2) is 18.3 Å². The van der Waals surface area contributed by atoms with Crippen molar-refractivity contribution in [3.8, 4) is 0 Å². The molecule has 0 unspecified atom stereocenters. The first kappa shape index (κ1) is 11.2. The van der Waals surface area contributed by atoms with Gasteiger partial charge in [0.2, 0.25) is 0 Å². The Bertz CT molecular complexity index is 315. The van der Waals surface area contributed by atoms with Crippen LogP contribution in [0.25, 0.3) is 0 Å². The summed E-state index contributed by atoms with van der Waals surface area (Å²) in [5.74, 6) is -0.00794. The second kappa shape index (κ2) is 5.70. The van der Waals surface area contributed by atoms with Gasteiger partial charge in [-0.1, -0.05) is 0 Å². The molecule has 1 aromatic rings. The predicted molar refractivity (Wildman–Crippen MR) is 63.4 cm³/mol. The van der Waals surface area contributed by atoms with E-state index in [1.54, 1.807) is 12.3 Å². The zero-order valence-electron chi connectivity index (χ0n) is 9.54. The molecule has 2 rings (SSSR count). The Morgan fingerprint density at radius 3 is 2.94 bits per heavy atom. The maximum absolute atomic E-state index is 11.5. The number of nitrogens with zero attached hydrogens (tertiary/aromatic N) is 1. The summed E-state index contributed by atoms with van der Waals surface area (Å²) < 4.78 is 0. The average Bonchev–Trinajstić information content (AvgIpc) is 2.96. The van der Waals surface area contributed by atoms with Gasteiger partial charge >= 0.3 is 0 Å². The number of likely N-dealkylation sites (tertiary alicyclic amines) is 1. The number of H-pyrrole nitrogens is 1. The highest BCUT2D eigenvalue weighted by Gasteiger charge is 2.10. The van der Waals surface area contributed by atoms with E-state index in [4.69, 9.17) is 0 Å². The fourth-order valence-electron chi connectivity index (χ4n) is 2.08. The summed E-state index contributed by atoms with van der Waals surface area (Å²) in [6.07, 6.45) is 5.45. The molecular weight excluding hydrogens is 202 g/mol. The van der Waals surface area contributed by atoms with E-state index in [-0.39, 0.29) is 5.91 Å². The highest BCUT2D eigenvalue weighted by atomic mass is 16.1. The molecule has 0 radical (unpaired) electrons. The van der Waals surface area contributed by atoms with E-state index in [0.29, 0.717) is 5.69 Å². The summed E-state index contributed by atoms with van der Waals surface area (Å²) in [6.45, 7) is 4.31. The SMILES string of the molecule is O=C(NCCCN1CCCC1)c1ccc[nH]1. The van der Waals surface area contributed by atoms with Gasteiger partial charge in [-0.15, -0.1) is 0 Å². The molecule has 1 fully saturated rings. The van der Waals surface area contributed by atoms with Gasteiger partial charge in [-0.3, -0.25) is 4.79 Å². The number of aromatic nitrogens is 1. The van der Waals surface area contributed by atoms with Crippen LogP contribution in [0.2, 0.25) is 0 Å². The van der Waals surface area contributed by atoms with E-state index < -0.39 is 0 Å². The summed E-state index contributed by atoms with van der Waals surface area (Å²) in [6, 6.07) is 3.62. The molecule has 0 aliphatic carbocycles. The number of hydrogen-bond acceptors (Lipinski definition) is 2. The van der Waals surface area contributed by atoms with Gasteiger partial charge in [0.1, 0.15) is 5.69 Å². The molecule has 0 saturated carbocycles. The molecule has 1 amide bonds. The Labute approximate surface area is 96.0 Å². The van der Waals surface area contributed by atoms with Crippen molar-refractivity contribution in [3.63, 3.8) is 0 Å². The molecule has 1 saturated heterocycles. The topological polar surface area (TPSA) is 48.1 Å². The first-order valence-corrected chi connectivity index (χ1v) is 6.00. The maximum atomic E-state index is 11.5. The van der Waals surface area contributed by atoms with Crippen molar-refractivity contribution in [2.24, 2.45) is 0 Å². The molecule has 0 atom stereocenters. The quantitative estimate of drug-likeness (QED) is 0.735. The van der Waals surface area contributed by atoms with Gasteiger partial charge in [-0.05, 0) is 51.0 Å². The fraction of sp³-hybridized carbons (Fsp3) is 0.583. The van der Waals surface area contributed by atoms with Crippen LogP contribution in [0.4, 0.5) is 0 Å². The second-order valence-corrected chi connectivity index (χ2v) is 4.24. The minimum absolute atomic E-state index is 0.00794. The third-order valence-electron chi connectivity index (χ3n) is 2.98. The van der Waals surface area contributed by atoms with Crippen LogP contribution in [0.3, 0.4) is 0 Å². The molecular formula is C12H19N3O. The summed E-state index contributed by atoms with van der Waals surface area (Å²) in [7, 11) is 0. The van der Waals surface area contributed by atoms with Gasteiger partial charge in [-0.25, -0.2) is 0 Å². The molecule has 1 aliphatic heterocycles. The highest BCUT2D eigenvalue weighted by Crippen LogP contribution is 2.06. The van der Waals surface area contributed by atoms with Crippen molar-refractivity contribution in [1.29, 1.82) is 0 Å². The Hall–Kier alpha value is -1.29. The first-order valence-electron chi connectivity index (χ1n) is 6.00. The monoisotopic (exact) mass is 221 g/mol. The zero-order chi connectivity index (χ0) is 11.2. The third-order valence-corrected chi connectivity index (χ3v) is 2.98. The van der Waals surface area contributed by atoms with E-state index in [9.17, 15) is 4.79 Å². The Morgan fingerprint density at radius 2 is 2.25 bits per heavy atom. The van der Waals surface area contributed by atoms with Crippen LogP contribution in [-0.4, -0.2) is 42.0 Å². The molecule has 0 bridgehead atoms. The smallest absolute Gasteiger partial charge is 0.267 e. The lowest BCUT2D eigenvalue weighted by molar-refractivity contribution is 0.0947. The van der Waals surface area contributed by atoms with E-state index in [2.05, 4.69) is 15.2 Å². The Balaban J connectivity index is 1.59. The molecule has 2 N–H and O–H groups in total. The van der Waals surface area contributed by atoms with Crippen LogP contribution in [0.5, 0.6) is 0 Å². The van der Waals surface area contributed by atoms with Crippen LogP contribution in [0.1, 0.15) is 29.8 Å². The van der Waals surface area contributed by atoms with E-state index >= 15 is 0 Å². The number of nitrogens with one attached hydrogen (secondary N) is 2. The van der Waals surface area contributed by atoms with Crippen molar-refractivity contribution in [2.75, 3.05) is 26.2 Å². The molecule has 4 heteroatoms. The van der Waals surface area contributed by atoms with Gasteiger partial charge < -0.3 is 15.2 Å². The van der Waals surface area contributed by atoms with Crippen LogP contribution >= 0.6 is 0 Å². The molecule has 0 aromatic carbocycles. The lowest BCUT2D eigenvalue weighted by Crippen LogP contribution is -2.28. The lowest BCUT2D eigenvalue weighted by Gasteiger charge is -2.14. The van der Waals surface area contributed by atoms with Gasteiger partial charge in [0.15, 0.2) is 0 Å². The van der Waals surface area contributed by atoms with Crippen molar-refractivity contribution in [3.05, 3.63) is 24.0 Å². The van der Waals surface area contributed by atoms with Crippen molar-refractivity contribution >= 4 is 5.91 Å². The lowest BCUT2D eigenvalue weighted by atomic mass is 10.3. The number of amides is 1. The summed E-state index contributed by atoms with van der Waals surface area (Å²) in [4.78, 5) is 16.9. The highest BCUT2D eigenvalue weighted by molar-refractivity contribution is 5.92. The number of rotatable bonds is 5. The van der Waals surface area contributed by atoms with E-state index in [1.807, 2.05) is 6.07 Å². The normalized spacial score (nSPS) is 16.5. The van der Waals surface area contributed by atoms with Crippen molar-refractivity contribution in [1.82, 2.24) is 15.2 Å². The first-order chi connectivity index (χ1) is 7.86. The van der Waals surface area contributed by atoms with Crippen molar-refractivity contribution in [2.45, 2.75) is 19.3 Å². The number of carbonyl (C=O) groups excluding carboxylic acids is 1. The fourth-order valence-corrected chi connectivity index (χ4v) is 2.08. The number of aromatic amines is 1. The van der Waals surface area contributed by atoms with Gasteiger partial charge in [-0.2, -0.15) is 0 Å². The van der Waals surface area contributed by atoms with Gasteiger partial charge in [0.25, 0.3) is 5.91 Å².